The third-order valence-corrected chi connectivity index (χ3v) is 1.62. The van der Waals surface area contributed by atoms with E-state index in [1.54, 1.807) is 7.11 Å². The number of hydrogen-bond donors (Lipinski definition) is 1. The molecule has 0 fully saturated rings. The van der Waals surface area contributed by atoms with Gasteiger partial charge in [0.15, 0.2) is 0 Å². The van der Waals surface area contributed by atoms with Gasteiger partial charge in [0, 0.05) is 19.3 Å². The van der Waals surface area contributed by atoms with Gasteiger partial charge >= 0.3 is 0 Å². The average Bonchev–Trinajstić information content (AvgIpc) is 2.15. The summed E-state index contributed by atoms with van der Waals surface area (Å²) in [7, 11) is -1.97. The number of methoxy groups -OCH3 is 1. The molecule has 0 spiro atoms. The van der Waals surface area contributed by atoms with Crippen LogP contribution in [-0.2, 0) is 14.9 Å². The molecule has 1 rings (SSSR count). The number of allylic oxidation sites excluding steroid dienone is 1. The smallest absolute Gasteiger partial charge is 0.261 e. The Hall–Kier alpha value is -1.01. The minimum Gasteiger partial charge on any atom is -0.497 e. The molecule has 0 aromatic rings. The van der Waals surface area contributed by atoms with Crippen LogP contribution in [0.3, 0.4) is 0 Å². The van der Waals surface area contributed by atoms with Gasteiger partial charge in [-0.2, -0.15) is 8.42 Å². The van der Waals surface area contributed by atoms with E-state index >= 15 is 0 Å². The van der Waals surface area contributed by atoms with E-state index < -0.39 is 10.1 Å². The van der Waals surface area contributed by atoms with E-state index in [1.165, 1.54) is 0 Å². The fraction of sp³-hybridized carbons (Fsp3) is 0.556. The van der Waals surface area contributed by atoms with Crippen LogP contribution in [0.4, 0.5) is 0 Å². The highest BCUT2D eigenvalue weighted by Gasteiger charge is 2.00. The Kier molecular flexibility index (Phi) is 6.03. The molecule has 0 saturated heterocycles. The van der Waals surface area contributed by atoms with Gasteiger partial charge in [-0.1, -0.05) is 0 Å². The maximum absolute atomic E-state index is 9.19. The lowest BCUT2D eigenvalue weighted by atomic mass is 10.3. The zero-order valence-electron chi connectivity index (χ0n) is 9.17. The minimum absolute atomic E-state index is 0.715. The molecule has 0 aromatic carbocycles. The van der Waals surface area contributed by atoms with Gasteiger partial charge in [0.05, 0.1) is 13.4 Å². The standard InChI is InChI=1S/C8H13NO.CH4O3S/c1-3-9-6-4-8(10-2)5-7-9;1-5(2,3)4/h4-6H,3,7H2,1-2H3;1H3,(H,2,3,4). The third kappa shape index (κ3) is 9.30. The molecule has 0 unspecified atom stereocenters. The molecule has 1 aliphatic rings. The van der Waals surface area contributed by atoms with E-state index in [2.05, 4.69) is 24.1 Å². The molecule has 0 atom stereocenters. The summed E-state index contributed by atoms with van der Waals surface area (Å²) < 4.78 is 30.9. The van der Waals surface area contributed by atoms with Gasteiger partial charge in [0.25, 0.3) is 10.1 Å². The van der Waals surface area contributed by atoms with Crippen molar-refractivity contribution in [2.75, 3.05) is 26.5 Å². The molecule has 0 aromatic heterocycles. The molecule has 15 heavy (non-hydrogen) atoms. The molecular weight excluding hydrogens is 218 g/mol. The molecular formula is C9H17NO4S. The van der Waals surface area contributed by atoms with Gasteiger partial charge < -0.3 is 9.64 Å². The lowest BCUT2D eigenvalue weighted by molar-refractivity contribution is 0.294. The van der Waals surface area contributed by atoms with Crippen molar-refractivity contribution in [2.24, 2.45) is 0 Å². The summed E-state index contributed by atoms with van der Waals surface area (Å²) in [6.45, 7) is 4.16. The monoisotopic (exact) mass is 235 g/mol. The van der Waals surface area contributed by atoms with Crippen molar-refractivity contribution < 1.29 is 17.7 Å². The summed E-state index contributed by atoms with van der Waals surface area (Å²) in [4.78, 5) is 2.21. The molecule has 0 saturated carbocycles. The number of nitrogens with zero attached hydrogens (tertiary/aromatic N) is 1. The summed E-state index contributed by atoms with van der Waals surface area (Å²) in [5.74, 6) is 0.963. The van der Waals surface area contributed by atoms with E-state index in [1.807, 2.05) is 6.08 Å². The van der Waals surface area contributed by atoms with Crippen LogP contribution in [0.2, 0.25) is 0 Å². The van der Waals surface area contributed by atoms with Crippen LogP contribution in [0.25, 0.3) is 0 Å². The Labute approximate surface area is 90.8 Å². The first-order chi connectivity index (χ1) is 6.86. The second-order valence-electron chi connectivity index (χ2n) is 2.95. The maximum atomic E-state index is 9.19. The van der Waals surface area contributed by atoms with E-state index in [4.69, 9.17) is 9.29 Å². The first kappa shape index (κ1) is 14.0. The lowest BCUT2D eigenvalue weighted by Crippen LogP contribution is -2.19. The van der Waals surface area contributed by atoms with Crippen LogP contribution < -0.4 is 0 Å². The number of rotatable bonds is 2. The molecule has 6 heteroatoms. The Morgan fingerprint density at radius 1 is 1.60 bits per heavy atom. The summed E-state index contributed by atoms with van der Waals surface area (Å²) in [5, 5.41) is 0. The van der Waals surface area contributed by atoms with Gasteiger partial charge in [-0.25, -0.2) is 0 Å². The number of ether oxygens (including phenoxy) is 1. The van der Waals surface area contributed by atoms with Gasteiger partial charge in [-0.3, -0.25) is 4.55 Å². The fourth-order valence-corrected chi connectivity index (χ4v) is 0.901. The van der Waals surface area contributed by atoms with Gasteiger partial charge in [-0.05, 0) is 19.1 Å². The topological polar surface area (TPSA) is 66.8 Å². The van der Waals surface area contributed by atoms with Crippen molar-refractivity contribution in [1.29, 1.82) is 0 Å². The zero-order valence-corrected chi connectivity index (χ0v) is 9.99. The Morgan fingerprint density at radius 3 is 2.40 bits per heavy atom. The van der Waals surface area contributed by atoms with Gasteiger partial charge in [-0.15, -0.1) is 0 Å². The quantitative estimate of drug-likeness (QED) is 0.719. The van der Waals surface area contributed by atoms with Crippen molar-refractivity contribution in [1.82, 2.24) is 4.90 Å². The normalized spacial score (nSPS) is 15.2. The summed E-state index contributed by atoms with van der Waals surface area (Å²) in [6, 6.07) is 0. The molecule has 0 aliphatic carbocycles. The second-order valence-corrected chi connectivity index (χ2v) is 4.41. The molecule has 1 heterocycles. The van der Waals surface area contributed by atoms with E-state index in [0.717, 1.165) is 18.8 Å². The zero-order chi connectivity index (χ0) is 11.9. The van der Waals surface area contributed by atoms with Crippen LogP contribution in [0.15, 0.2) is 24.1 Å². The minimum atomic E-state index is -3.67. The van der Waals surface area contributed by atoms with Crippen LogP contribution >= 0.6 is 0 Å². The van der Waals surface area contributed by atoms with E-state index in [0.29, 0.717) is 6.26 Å². The Morgan fingerprint density at radius 2 is 2.13 bits per heavy atom. The van der Waals surface area contributed by atoms with Crippen LogP contribution in [0.1, 0.15) is 6.92 Å². The molecule has 5 nitrogen and oxygen atoms in total. The number of hydrogen-bond acceptors (Lipinski definition) is 4. The third-order valence-electron chi connectivity index (χ3n) is 1.62. The summed E-state index contributed by atoms with van der Waals surface area (Å²) >= 11 is 0. The molecule has 0 bridgehead atoms. The van der Waals surface area contributed by atoms with Gasteiger partial charge in [0.1, 0.15) is 5.76 Å². The molecule has 88 valence electrons. The predicted molar refractivity (Wildman–Crippen MR) is 59.0 cm³/mol. The highest BCUT2D eigenvalue weighted by atomic mass is 32.2. The summed E-state index contributed by atoms with van der Waals surface area (Å²) in [5.41, 5.74) is 0. The largest absolute Gasteiger partial charge is 0.497 e. The molecule has 0 amide bonds. The molecule has 1 aliphatic heterocycles. The maximum Gasteiger partial charge on any atom is 0.261 e. The van der Waals surface area contributed by atoms with Crippen molar-refractivity contribution in [3.05, 3.63) is 24.1 Å². The SMILES string of the molecule is CCN1C=CC(OC)=CC1.CS(=O)(=O)O. The van der Waals surface area contributed by atoms with Crippen molar-refractivity contribution in [3.8, 4) is 0 Å². The molecule has 0 radical (unpaired) electrons. The first-order valence-electron chi connectivity index (χ1n) is 4.45. The second kappa shape index (κ2) is 6.47. The number of likely N-dealkylation sites (N-methyl/N-ethyl adjacent to an activating group) is 1. The van der Waals surface area contributed by atoms with E-state index in [-0.39, 0.29) is 0 Å². The first-order valence-corrected chi connectivity index (χ1v) is 6.30. The van der Waals surface area contributed by atoms with Crippen LogP contribution in [0, 0.1) is 0 Å². The lowest BCUT2D eigenvalue weighted by Gasteiger charge is -2.19. The Balaban J connectivity index is 0.000000336. The van der Waals surface area contributed by atoms with E-state index in [9.17, 15) is 8.42 Å². The predicted octanol–water partition coefficient (Wildman–Crippen LogP) is 0.870. The average molecular weight is 235 g/mol. The van der Waals surface area contributed by atoms with Crippen LogP contribution in [-0.4, -0.2) is 44.3 Å². The van der Waals surface area contributed by atoms with Crippen LogP contribution in [0.5, 0.6) is 0 Å². The highest BCUT2D eigenvalue weighted by Crippen LogP contribution is 2.05. The van der Waals surface area contributed by atoms with Crippen molar-refractivity contribution >= 4 is 10.1 Å². The highest BCUT2D eigenvalue weighted by molar-refractivity contribution is 7.85. The van der Waals surface area contributed by atoms with Crippen molar-refractivity contribution in [3.63, 3.8) is 0 Å². The Bertz CT molecular complexity index is 324. The van der Waals surface area contributed by atoms with Gasteiger partial charge in [0.2, 0.25) is 0 Å². The summed E-state index contributed by atoms with van der Waals surface area (Å²) in [6.07, 6.45) is 6.82. The molecule has 1 N–H and O–H groups in total. The van der Waals surface area contributed by atoms with Crippen molar-refractivity contribution in [2.45, 2.75) is 6.92 Å². The fourth-order valence-electron chi connectivity index (χ4n) is 0.901.